The molecule has 0 radical (unpaired) electrons. The summed E-state index contributed by atoms with van der Waals surface area (Å²) in [5.74, 6) is 1.16. The summed E-state index contributed by atoms with van der Waals surface area (Å²) >= 11 is 0. The molecular weight excluding hydrogens is 224 g/mol. The van der Waals surface area contributed by atoms with Gasteiger partial charge in [-0.15, -0.1) is 10.2 Å². The van der Waals surface area contributed by atoms with Crippen molar-refractivity contribution >= 4 is 0 Å². The highest BCUT2D eigenvalue weighted by Crippen LogP contribution is 2.31. The molecule has 0 unspecified atom stereocenters. The Kier molecular flexibility index (Phi) is 4.38. The number of rotatable bonds is 6. The van der Waals surface area contributed by atoms with Crippen LogP contribution in [0.25, 0.3) is 0 Å². The second-order valence-electron chi connectivity index (χ2n) is 6.30. The molecule has 1 aliphatic carbocycles. The molecule has 0 amide bonds. The second kappa shape index (κ2) is 5.83. The van der Waals surface area contributed by atoms with Crippen molar-refractivity contribution in [2.45, 2.75) is 64.8 Å². The van der Waals surface area contributed by atoms with E-state index < -0.39 is 0 Å². The largest absolute Gasteiger partial charge is 0.330 e. The first-order valence-corrected chi connectivity index (χ1v) is 7.21. The molecule has 1 saturated carbocycles. The zero-order chi connectivity index (χ0) is 13.0. The van der Waals surface area contributed by atoms with Crippen LogP contribution in [0.15, 0.2) is 6.33 Å². The van der Waals surface area contributed by atoms with Gasteiger partial charge in [0.2, 0.25) is 0 Å². The summed E-state index contributed by atoms with van der Waals surface area (Å²) in [6, 6.07) is 0.646. The van der Waals surface area contributed by atoms with Gasteiger partial charge in [0.15, 0.2) is 0 Å². The smallest absolute Gasteiger partial charge is 0.133 e. The fourth-order valence-electron chi connectivity index (χ4n) is 2.90. The molecule has 0 atom stereocenters. The van der Waals surface area contributed by atoms with E-state index in [1.807, 2.05) is 6.33 Å². The van der Waals surface area contributed by atoms with E-state index in [0.29, 0.717) is 11.5 Å². The maximum Gasteiger partial charge on any atom is 0.133 e. The molecule has 0 saturated heterocycles. The van der Waals surface area contributed by atoms with E-state index in [2.05, 4.69) is 28.6 Å². The van der Waals surface area contributed by atoms with Gasteiger partial charge in [0.1, 0.15) is 12.2 Å². The summed E-state index contributed by atoms with van der Waals surface area (Å²) in [5.41, 5.74) is 5.97. The van der Waals surface area contributed by atoms with Crippen LogP contribution < -0.4 is 5.73 Å². The molecule has 4 heteroatoms. The Balaban J connectivity index is 1.95. The topological polar surface area (TPSA) is 56.7 Å². The van der Waals surface area contributed by atoms with Crippen LogP contribution in [0.1, 0.15) is 64.2 Å². The molecular formula is C14H26N4. The minimum atomic E-state index is 0.307. The third-order valence-corrected chi connectivity index (χ3v) is 4.21. The highest BCUT2D eigenvalue weighted by molar-refractivity contribution is 4.92. The third-order valence-electron chi connectivity index (χ3n) is 4.21. The van der Waals surface area contributed by atoms with Gasteiger partial charge in [-0.3, -0.25) is 0 Å². The van der Waals surface area contributed by atoms with E-state index in [4.69, 9.17) is 5.73 Å². The Labute approximate surface area is 110 Å². The van der Waals surface area contributed by atoms with E-state index in [-0.39, 0.29) is 0 Å². The quantitative estimate of drug-likeness (QED) is 0.844. The Morgan fingerprint density at radius 3 is 2.72 bits per heavy atom. The predicted molar refractivity (Wildman–Crippen MR) is 73.3 cm³/mol. The number of aromatic nitrogens is 3. The SMILES string of the molecule is CC(C)(CCN)CCc1nncn1C1CCCC1. The number of hydrogen-bond donors (Lipinski definition) is 1. The molecule has 0 aromatic carbocycles. The van der Waals surface area contributed by atoms with Crippen molar-refractivity contribution in [1.29, 1.82) is 0 Å². The molecule has 0 bridgehead atoms. The van der Waals surface area contributed by atoms with Crippen molar-refractivity contribution in [3.05, 3.63) is 12.2 Å². The van der Waals surface area contributed by atoms with Crippen LogP contribution in [-0.4, -0.2) is 21.3 Å². The lowest BCUT2D eigenvalue weighted by Gasteiger charge is -2.24. The predicted octanol–water partition coefficient (Wildman–Crippen LogP) is 2.70. The van der Waals surface area contributed by atoms with Gasteiger partial charge in [-0.05, 0) is 37.6 Å². The minimum absolute atomic E-state index is 0.307. The lowest BCUT2D eigenvalue weighted by Crippen LogP contribution is -2.19. The maximum atomic E-state index is 5.66. The molecule has 2 N–H and O–H groups in total. The Hall–Kier alpha value is -0.900. The summed E-state index contributed by atoms with van der Waals surface area (Å²) < 4.78 is 2.31. The molecule has 0 spiro atoms. The summed E-state index contributed by atoms with van der Waals surface area (Å²) in [6.07, 6.45) is 10.4. The normalized spacial score (nSPS) is 17.5. The Morgan fingerprint density at radius 2 is 2.06 bits per heavy atom. The molecule has 1 heterocycles. The van der Waals surface area contributed by atoms with Gasteiger partial charge in [-0.2, -0.15) is 0 Å². The van der Waals surface area contributed by atoms with E-state index in [1.165, 1.54) is 25.7 Å². The van der Waals surface area contributed by atoms with Gasteiger partial charge in [-0.25, -0.2) is 0 Å². The lowest BCUT2D eigenvalue weighted by atomic mass is 9.84. The van der Waals surface area contributed by atoms with Crippen LogP contribution in [0.2, 0.25) is 0 Å². The fraction of sp³-hybridized carbons (Fsp3) is 0.857. The van der Waals surface area contributed by atoms with Crippen molar-refractivity contribution in [2.24, 2.45) is 11.1 Å². The Morgan fingerprint density at radius 1 is 1.33 bits per heavy atom. The van der Waals surface area contributed by atoms with Crippen LogP contribution in [0.5, 0.6) is 0 Å². The van der Waals surface area contributed by atoms with Gasteiger partial charge in [0.25, 0.3) is 0 Å². The average molecular weight is 250 g/mol. The average Bonchev–Trinajstić information content (AvgIpc) is 2.97. The standard InChI is InChI=1S/C14H26N4/c1-14(2,9-10-15)8-7-13-17-16-11-18(13)12-5-3-4-6-12/h11-12H,3-10,15H2,1-2H3. The van der Waals surface area contributed by atoms with Gasteiger partial charge >= 0.3 is 0 Å². The number of aryl methyl sites for hydroxylation is 1. The zero-order valence-corrected chi connectivity index (χ0v) is 11.7. The van der Waals surface area contributed by atoms with Crippen molar-refractivity contribution < 1.29 is 0 Å². The lowest BCUT2D eigenvalue weighted by molar-refractivity contribution is 0.307. The summed E-state index contributed by atoms with van der Waals surface area (Å²) in [6.45, 7) is 5.34. The van der Waals surface area contributed by atoms with Crippen LogP contribution in [0, 0.1) is 5.41 Å². The van der Waals surface area contributed by atoms with Crippen LogP contribution in [0.4, 0.5) is 0 Å². The minimum Gasteiger partial charge on any atom is -0.330 e. The third kappa shape index (κ3) is 3.31. The number of nitrogens with two attached hydrogens (primary N) is 1. The maximum absolute atomic E-state index is 5.66. The summed E-state index contributed by atoms with van der Waals surface area (Å²) in [7, 11) is 0. The first-order valence-electron chi connectivity index (χ1n) is 7.21. The summed E-state index contributed by atoms with van der Waals surface area (Å²) in [5, 5.41) is 8.41. The molecule has 1 aliphatic rings. The Bertz CT molecular complexity index is 364. The van der Waals surface area contributed by atoms with Crippen molar-refractivity contribution in [2.75, 3.05) is 6.54 Å². The molecule has 0 aliphatic heterocycles. The second-order valence-corrected chi connectivity index (χ2v) is 6.30. The summed E-state index contributed by atoms with van der Waals surface area (Å²) in [4.78, 5) is 0. The van der Waals surface area contributed by atoms with E-state index in [1.54, 1.807) is 0 Å². The fourth-order valence-corrected chi connectivity index (χ4v) is 2.90. The van der Waals surface area contributed by atoms with Gasteiger partial charge in [-0.1, -0.05) is 26.7 Å². The van der Waals surface area contributed by atoms with Crippen LogP contribution in [0.3, 0.4) is 0 Å². The van der Waals surface area contributed by atoms with Crippen LogP contribution in [-0.2, 0) is 6.42 Å². The zero-order valence-electron chi connectivity index (χ0n) is 11.7. The van der Waals surface area contributed by atoms with Crippen molar-refractivity contribution in [3.8, 4) is 0 Å². The van der Waals surface area contributed by atoms with Crippen LogP contribution >= 0.6 is 0 Å². The van der Waals surface area contributed by atoms with Crippen molar-refractivity contribution in [1.82, 2.24) is 14.8 Å². The molecule has 1 aromatic heterocycles. The number of nitrogens with zero attached hydrogens (tertiary/aromatic N) is 3. The van der Waals surface area contributed by atoms with E-state index >= 15 is 0 Å². The molecule has 1 fully saturated rings. The number of hydrogen-bond acceptors (Lipinski definition) is 3. The first-order chi connectivity index (χ1) is 8.62. The van der Waals surface area contributed by atoms with Gasteiger partial charge in [0.05, 0.1) is 0 Å². The molecule has 1 aromatic rings. The van der Waals surface area contributed by atoms with Crippen molar-refractivity contribution in [3.63, 3.8) is 0 Å². The molecule has 102 valence electrons. The highest BCUT2D eigenvalue weighted by atomic mass is 15.3. The van der Waals surface area contributed by atoms with E-state index in [9.17, 15) is 0 Å². The van der Waals surface area contributed by atoms with E-state index in [0.717, 1.165) is 31.6 Å². The van der Waals surface area contributed by atoms with Gasteiger partial charge < -0.3 is 10.3 Å². The van der Waals surface area contributed by atoms with Gasteiger partial charge in [0, 0.05) is 12.5 Å². The highest BCUT2D eigenvalue weighted by Gasteiger charge is 2.22. The molecule has 18 heavy (non-hydrogen) atoms. The first kappa shape index (κ1) is 13.5. The monoisotopic (exact) mass is 250 g/mol. The molecule has 2 rings (SSSR count). The molecule has 4 nitrogen and oxygen atoms in total.